The van der Waals surface area contributed by atoms with Crippen LogP contribution in [0.4, 0.5) is 0 Å². The van der Waals surface area contributed by atoms with Crippen LogP contribution in [0.1, 0.15) is 44.1 Å². The molecule has 0 aromatic heterocycles. The topological polar surface area (TPSA) is 37.4 Å². The molecule has 3 nitrogen and oxygen atoms in total. The Labute approximate surface area is 133 Å². The number of fused-ring (bicyclic) bond motifs is 2. The van der Waals surface area contributed by atoms with Gasteiger partial charge in [-0.25, -0.2) is 8.42 Å². The van der Waals surface area contributed by atoms with Gasteiger partial charge in [-0.05, 0) is 50.2 Å². The van der Waals surface area contributed by atoms with E-state index in [1.54, 1.807) is 12.1 Å². The SMILES string of the molecule is Cc1ccc(S(=O)(=O)N2CCC=C3CC4(CCCC4)C32)cc1. The van der Waals surface area contributed by atoms with Crippen molar-refractivity contribution in [2.45, 2.75) is 56.4 Å². The molecule has 0 N–H and O–H groups in total. The Kier molecular flexibility index (Phi) is 3.24. The lowest BCUT2D eigenvalue weighted by atomic mass is 9.59. The lowest BCUT2D eigenvalue weighted by Crippen LogP contribution is -2.59. The summed E-state index contributed by atoms with van der Waals surface area (Å²) < 4.78 is 28.1. The molecule has 0 radical (unpaired) electrons. The van der Waals surface area contributed by atoms with Crippen molar-refractivity contribution in [2.75, 3.05) is 6.54 Å². The van der Waals surface area contributed by atoms with E-state index < -0.39 is 10.0 Å². The molecule has 2 saturated carbocycles. The van der Waals surface area contributed by atoms with Crippen molar-refractivity contribution in [3.05, 3.63) is 41.5 Å². The number of sulfonamides is 1. The minimum absolute atomic E-state index is 0.134. The molecular formula is C18H23NO2S. The Hall–Kier alpha value is -1.13. The van der Waals surface area contributed by atoms with Crippen molar-refractivity contribution in [1.82, 2.24) is 4.31 Å². The highest BCUT2D eigenvalue weighted by molar-refractivity contribution is 7.89. The van der Waals surface area contributed by atoms with Crippen LogP contribution in [0.3, 0.4) is 0 Å². The van der Waals surface area contributed by atoms with Crippen LogP contribution in [0.25, 0.3) is 0 Å². The van der Waals surface area contributed by atoms with E-state index in [1.807, 2.05) is 23.4 Å². The minimum Gasteiger partial charge on any atom is -0.207 e. The Morgan fingerprint density at radius 3 is 2.50 bits per heavy atom. The summed E-state index contributed by atoms with van der Waals surface area (Å²) >= 11 is 0. The van der Waals surface area contributed by atoms with Crippen molar-refractivity contribution in [3.63, 3.8) is 0 Å². The van der Waals surface area contributed by atoms with Gasteiger partial charge in [0.1, 0.15) is 0 Å². The van der Waals surface area contributed by atoms with Crippen LogP contribution < -0.4 is 0 Å². The third kappa shape index (κ3) is 2.00. The highest BCUT2D eigenvalue weighted by Gasteiger charge is 2.57. The molecule has 3 aliphatic rings. The van der Waals surface area contributed by atoms with Crippen molar-refractivity contribution in [3.8, 4) is 0 Å². The van der Waals surface area contributed by atoms with E-state index in [-0.39, 0.29) is 11.5 Å². The third-order valence-electron chi connectivity index (χ3n) is 5.76. The number of aryl methyl sites for hydroxylation is 1. The first-order chi connectivity index (χ1) is 10.5. The molecule has 1 aliphatic heterocycles. The molecule has 2 aliphatic carbocycles. The highest BCUT2D eigenvalue weighted by atomic mass is 32.2. The molecule has 0 saturated heterocycles. The maximum atomic E-state index is 13.1. The second-order valence-electron chi connectivity index (χ2n) is 7.15. The lowest BCUT2D eigenvalue weighted by Gasteiger charge is -2.55. The van der Waals surface area contributed by atoms with Crippen LogP contribution in [0, 0.1) is 12.3 Å². The lowest BCUT2D eigenvalue weighted by molar-refractivity contribution is 0.0763. The van der Waals surface area contributed by atoms with Gasteiger partial charge in [0.05, 0.1) is 10.9 Å². The van der Waals surface area contributed by atoms with Gasteiger partial charge in [-0.1, -0.05) is 42.2 Å². The zero-order valence-corrected chi connectivity index (χ0v) is 13.9. The maximum Gasteiger partial charge on any atom is 0.243 e. The summed E-state index contributed by atoms with van der Waals surface area (Å²) in [6, 6.07) is 7.42. The van der Waals surface area contributed by atoms with Gasteiger partial charge in [-0.2, -0.15) is 4.31 Å². The van der Waals surface area contributed by atoms with Gasteiger partial charge in [0.25, 0.3) is 0 Å². The normalized spacial score (nSPS) is 27.3. The average Bonchev–Trinajstić information content (AvgIpc) is 2.98. The standard InChI is InChI=1S/C18H23NO2S/c1-14-6-8-16(9-7-14)22(20,21)19-12-4-5-15-13-18(17(15)19)10-2-3-11-18/h5-9,17H,2-4,10-13H2,1H3. The summed E-state index contributed by atoms with van der Waals surface area (Å²) in [6.07, 6.45) is 9.15. The molecule has 4 heteroatoms. The molecule has 0 amide bonds. The fourth-order valence-corrected chi connectivity index (χ4v) is 6.41. The molecule has 1 aromatic carbocycles. The van der Waals surface area contributed by atoms with Crippen LogP contribution in [-0.2, 0) is 10.0 Å². The van der Waals surface area contributed by atoms with E-state index >= 15 is 0 Å². The molecule has 1 heterocycles. The van der Waals surface area contributed by atoms with Gasteiger partial charge in [-0.3, -0.25) is 0 Å². The van der Waals surface area contributed by atoms with E-state index in [0.29, 0.717) is 11.4 Å². The molecule has 0 bridgehead atoms. The number of hydrogen-bond acceptors (Lipinski definition) is 2. The molecule has 22 heavy (non-hydrogen) atoms. The number of benzene rings is 1. The first-order valence-corrected chi connectivity index (χ1v) is 9.74. The third-order valence-corrected chi connectivity index (χ3v) is 7.64. The van der Waals surface area contributed by atoms with E-state index in [9.17, 15) is 8.42 Å². The molecule has 4 rings (SSSR count). The van der Waals surface area contributed by atoms with E-state index in [2.05, 4.69) is 6.08 Å². The maximum absolute atomic E-state index is 13.1. The van der Waals surface area contributed by atoms with Gasteiger partial charge in [0.15, 0.2) is 0 Å². The number of rotatable bonds is 2. The molecule has 1 unspecified atom stereocenters. The van der Waals surface area contributed by atoms with Crippen LogP contribution in [0.2, 0.25) is 0 Å². The van der Waals surface area contributed by atoms with E-state index in [0.717, 1.165) is 18.4 Å². The van der Waals surface area contributed by atoms with Crippen LogP contribution in [0.15, 0.2) is 40.8 Å². The minimum atomic E-state index is -3.38. The van der Waals surface area contributed by atoms with Gasteiger partial charge >= 0.3 is 0 Å². The molecule has 1 atom stereocenters. The summed E-state index contributed by atoms with van der Waals surface area (Å²) in [5.41, 5.74) is 2.70. The smallest absolute Gasteiger partial charge is 0.207 e. The molecular weight excluding hydrogens is 294 g/mol. The second kappa shape index (κ2) is 4.93. The van der Waals surface area contributed by atoms with E-state index in [4.69, 9.17) is 0 Å². The van der Waals surface area contributed by atoms with Gasteiger partial charge in [-0.15, -0.1) is 0 Å². The zero-order valence-electron chi connectivity index (χ0n) is 13.1. The predicted octanol–water partition coefficient (Wildman–Crippen LogP) is 3.65. The fourth-order valence-electron chi connectivity index (χ4n) is 4.68. The zero-order chi connectivity index (χ0) is 15.4. The van der Waals surface area contributed by atoms with Gasteiger partial charge in [0.2, 0.25) is 10.0 Å². The monoisotopic (exact) mass is 317 g/mol. The van der Waals surface area contributed by atoms with Crippen molar-refractivity contribution >= 4 is 10.0 Å². The summed E-state index contributed by atoms with van der Waals surface area (Å²) in [6.45, 7) is 2.61. The molecule has 118 valence electrons. The Bertz CT molecular complexity index is 712. The highest BCUT2D eigenvalue weighted by Crippen LogP contribution is 2.59. The average molecular weight is 317 g/mol. The summed E-state index contributed by atoms with van der Waals surface area (Å²) in [4.78, 5) is 0.444. The summed E-state index contributed by atoms with van der Waals surface area (Å²) in [5, 5.41) is 0. The molecule has 2 fully saturated rings. The quantitative estimate of drug-likeness (QED) is 0.781. The van der Waals surface area contributed by atoms with Crippen molar-refractivity contribution in [2.24, 2.45) is 5.41 Å². The Morgan fingerprint density at radius 2 is 1.82 bits per heavy atom. The first kappa shape index (κ1) is 14.5. The molecule has 1 spiro atoms. The Morgan fingerprint density at radius 1 is 1.14 bits per heavy atom. The van der Waals surface area contributed by atoms with Crippen molar-refractivity contribution < 1.29 is 8.42 Å². The summed E-state index contributed by atoms with van der Waals surface area (Å²) in [5.74, 6) is 0. The van der Waals surface area contributed by atoms with Gasteiger partial charge in [0, 0.05) is 6.54 Å². The van der Waals surface area contributed by atoms with Crippen molar-refractivity contribution in [1.29, 1.82) is 0 Å². The largest absolute Gasteiger partial charge is 0.243 e. The van der Waals surface area contributed by atoms with E-state index in [1.165, 1.54) is 31.3 Å². The Balaban J connectivity index is 1.71. The van der Waals surface area contributed by atoms with Crippen LogP contribution in [-0.4, -0.2) is 25.3 Å². The first-order valence-electron chi connectivity index (χ1n) is 8.30. The van der Waals surface area contributed by atoms with Crippen LogP contribution in [0.5, 0.6) is 0 Å². The predicted molar refractivity (Wildman–Crippen MR) is 87.1 cm³/mol. The molecule has 1 aromatic rings. The van der Waals surface area contributed by atoms with Gasteiger partial charge < -0.3 is 0 Å². The number of hydrogen-bond donors (Lipinski definition) is 0. The fraction of sp³-hybridized carbons (Fsp3) is 0.556. The summed E-state index contributed by atoms with van der Waals surface area (Å²) in [7, 11) is -3.38. The van der Waals surface area contributed by atoms with Crippen LogP contribution >= 0.6 is 0 Å². The second-order valence-corrected chi connectivity index (χ2v) is 9.04. The number of nitrogens with zero attached hydrogens (tertiary/aromatic N) is 1.